The second kappa shape index (κ2) is 9.54. The molecule has 8 nitrogen and oxygen atoms in total. The average Bonchev–Trinajstić information content (AvgIpc) is 3.44. The van der Waals surface area contributed by atoms with Crippen LogP contribution in [0.3, 0.4) is 0 Å². The molecule has 0 aromatic carbocycles. The number of aromatic nitrogens is 1. The molecule has 3 heterocycles. The van der Waals surface area contributed by atoms with Crippen LogP contribution in [0.1, 0.15) is 40.6 Å². The van der Waals surface area contributed by atoms with Crippen molar-refractivity contribution < 1.29 is 38.7 Å². The van der Waals surface area contributed by atoms with Crippen LogP contribution in [0.25, 0.3) is 0 Å². The summed E-state index contributed by atoms with van der Waals surface area (Å²) >= 11 is 1.53. The second-order valence-corrected chi connectivity index (χ2v) is 7.65. The summed E-state index contributed by atoms with van der Waals surface area (Å²) in [6, 6.07) is 1.61. The fraction of sp³-hybridized carbons (Fsp3) is 0.368. The molecule has 29 heavy (non-hydrogen) atoms. The smallest absolute Gasteiger partial charge is 0.870 e. The molecule has 1 aliphatic heterocycles. The van der Waals surface area contributed by atoms with E-state index >= 15 is 0 Å². The molecule has 2 aromatic heterocycles. The monoisotopic (exact) mass is 407 g/mol. The molecule has 0 saturated heterocycles. The van der Waals surface area contributed by atoms with Crippen LogP contribution in [0.15, 0.2) is 17.6 Å². The zero-order valence-electron chi connectivity index (χ0n) is 16.3. The molecule has 0 spiro atoms. The summed E-state index contributed by atoms with van der Waals surface area (Å²) in [7, 11) is 0. The molecule has 3 N–H and O–H groups in total. The minimum absolute atomic E-state index is 0. The van der Waals surface area contributed by atoms with Crippen molar-refractivity contribution in [1.82, 2.24) is 9.88 Å². The fourth-order valence-electron chi connectivity index (χ4n) is 3.13. The van der Waals surface area contributed by atoms with Crippen LogP contribution in [-0.4, -0.2) is 46.6 Å². The Morgan fingerprint density at radius 3 is 2.79 bits per heavy atom. The number of thiophene rings is 1. The Morgan fingerprint density at radius 2 is 2.14 bits per heavy atom. The minimum Gasteiger partial charge on any atom is -0.870 e. The van der Waals surface area contributed by atoms with Gasteiger partial charge in [-0.3, -0.25) is 9.59 Å². The molecule has 0 bridgehead atoms. The van der Waals surface area contributed by atoms with Gasteiger partial charge in [-0.05, 0) is 19.8 Å². The molecule has 148 valence electrons. The van der Waals surface area contributed by atoms with Crippen molar-refractivity contribution in [2.24, 2.45) is 5.92 Å². The fourth-order valence-corrected chi connectivity index (χ4v) is 4.09. The van der Waals surface area contributed by atoms with Gasteiger partial charge in [-0.25, -0.2) is 0 Å². The molecule has 1 saturated carbocycles. The number of pyridine rings is 1. The number of amides is 2. The third kappa shape index (κ3) is 4.70. The summed E-state index contributed by atoms with van der Waals surface area (Å²) in [6.45, 7) is 3.34. The van der Waals surface area contributed by atoms with Crippen molar-refractivity contribution in [2.45, 2.75) is 26.2 Å². The van der Waals surface area contributed by atoms with Crippen molar-refractivity contribution in [3.8, 4) is 0 Å². The number of likely N-dealkylation sites (N-methyl/N-ethyl adjacent to an activating group) is 1. The minimum atomic E-state index is -0.0574. The molecule has 1 aliphatic carbocycles. The second-order valence-electron chi connectivity index (χ2n) is 6.69. The van der Waals surface area contributed by atoms with Crippen LogP contribution in [0.5, 0.6) is 0 Å². The first-order chi connectivity index (χ1) is 13.1. The Hall–Kier alpha value is -2.18. The number of fused-ring (bicyclic) bond motifs is 1. The maximum absolute atomic E-state index is 12.7. The van der Waals surface area contributed by atoms with Gasteiger partial charge < -0.3 is 30.8 Å². The summed E-state index contributed by atoms with van der Waals surface area (Å²) < 4.78 is 0. The Kier molecular flexibility index (Phi) is 7.60. The summed E-state index contributed by atoms with van der Waals surface area (Å²) in [5.41, 5.74) is 2.04. The van der Waals surface area contributed by atoms with Crippen molar-refractivity contribution in [2.75, 3.05) is 23.7 Å². The molecule has 2 aromatic rings. The standard InChI is InChI=1S/C19H19N4O3S.Li.H2O/c1-2-23-6-5-15-17(19(23)26)14(10-27-15)21-13-7-16(20-8-12(13)9-24)22-18(25)11-3-4-11;;/h7-8,10-11H,2-6H2,1H3,(H2,20,21,22,25);;1H2/q-1;+1;/p-1. The van der Waals surface area contributed by atoms with E-state index in [1.165, 1.54) is 17.5 Å². The topological polar surface area (TPSA) is 121 Å². The van der Waals surface area contributed by atoms with Crippen molar-refractivity contribution in [3.05, 3.63) is 33.6 Å². The summed E-state index contributed by atoms with van der Waals surface area (Å²) in [6.07, 6.45) is 5.85. The maximum Gasteiger partial charge on any atom is 1.00 e. The number of nitrogens with one attached hydrogen (secondary N) is 2. The van der Waals surface area contributed by atoms with Crippen molar-refractivity contribution >= 4 is 46.6 Å². The Labute approximate surface area is 184 Å². The predicted molar refractivity (Wildman–Crippen MR) is 105 cm³/mol. The number of hydrogen-bond donors (Lipinski definition) is 2. The normalized spacial score (nSPS) is 14.9. The van der Waals surface area contributed by atoms with E-state index in [1.54, 1.807) is 11.0 Å². The number of nitrogens with zero attached hydrogens (tertiary/aromatic N) is 2. The zero-order chi connectivity index (χ0) is 19.0. The average molecular weight is 407 g/mol. The summed E-state index contributed by atoms with van der Waals surface area (Å²) in [5.74, 6) is 0.370. The van der Waals surface area contributed by atoms with E-state index in [2.05, 4.69) is 15.6 Å². The Balaban J connectivity index is 0.00000150. The van der Waals surface area contributed by atoms with E-state index in [9.17, 15) is 14.4 Å². The van der Waals surface area contributed by atoms with Gasteiger partial charge in [-0.2, -0.15) is 0 Å². The molecular weight excluding hydrogens is 387 g/mol. The summed E-state index contributed by atoms with van der Waals surface area (Å²) in [5, 5.41) is 7.83. The molecule has 2 aliphatic rings. The largest absolute Gasteiger partial charge is 1.00 e. The third-order valence-corrected chi connectivity index (χ3v) is 5.89. The molecule has 4 rings (SSSR count). The molecule has 0 radical (unpaired) electrons. The zero-order valence-corrected chi connectivity index (χ0v) is 17.1. The van der Waals surface area contributed by atoms with E-state index in [-0.39, 0.29) is 47.6 Å². The molecule has 0 unspecified atom stereocenters. The van der Waals surface area contributed by atoms with Crippen LogP contribution in [0.4, 0.5) is 17.2 Å². The molecular formula is C19H20LiN4O4S-. The predicted octanol–water partition coefficient (Wildman–Crippen LogP) is -0.462. The number of carbonyl (C=O) groups excluding carboxylic acids is 3. The van der Waals surface area contributed by atoms with Crippen LogP contribution < -0.4 is 29.5 Å². The number of rotatable bonds is 6. The molecule has 10 heteroatoms. The first-order valence-corrected chi connectivity index (χ1v) is 9.84. The van der Waals surface area contributed by atoms with Gasteiger partial charge in [-0.1, -0.05) is 18.0 Å². The van der Waals surface area contributed by atoms with Gasteiger partial charge in [0.15, 0.2) is 0 Å². The quantitative estimate of drug-likeness (QED) is 0.494. The molecule has 1 fully saturated rings. The van der Waals surface area contributed by atoms with Crippen LogP contribution in [0, 0.1) is 5.92 Å². The molecule has 2 amide bonds. The van der Waals surface area contributed by atoms with E-state index in [0.29, 0.717) is 29.3 Å². The van der Waals surface area contributed by atoms with Crippen LogP contribution in [0.2, 0.25) is 0 Å². The van der Waals surface area contributed by atoms with Gasteiger partial charge in [-0.15, -0.1) is 16.9 Å². The van der Waals surface area contributed by atoms with Crippen LogP contribution in [-0.2, 0) is 16.0 Å². The number of hydrogen-bond acceptors (Lipinski definition) is 7. The summed E-state index contributed by atoms with van der Waals surface area (Å²) in [4.78, 5) is 42.9. The van der Waals surface area contributed by atoms with Crippen LogP contribution >= 0.6 is 11.3 Å². The number of carbonyl (C=O) groups is 2. The van der Waals surface area contributed by atoms with Gasteiger partial charge in [0.2, 0.25) is 5.91 Å². The molecule has 0 atom stereocenters. The van der Waals surface area contributed by atoms with Gasteiger partial charge in [0, 0.05) is 35.7 Å². The SMILES string of the molecule is CCN1CCc2scc(Nc3cc(NC(=O)C4CC4)ncc3[C-]=O)c2C1=O.[Li+].[OH-]. The van der Waals surface area contributed by atoms with Gasteiger partial charge in [0.25, 0.3) is 5.91 Å². The Morgan fingerprint density at radius 1 is 1.38 bits per heavy atom. The van der Waals surface area contributed by atoms with E-state index in [1.807, 2.05) is 18.6 Å². The maximum atomic E-state index is 12.7. The van der Waals surface area contributed by atoms with Crippen molar-refractivity contribution in [1.29, 1.82) is 0 Å². The number of anilines is 3. The third-order valence-electron chi connectivity index (χ3n) is 4.84. The van der Waals surface area contributed by atoms with Crippen molar-refractivity contribution in [3.63, 3.8) is 0 Å². The van der Waals surface area contributed by atoms with Gasteiger partial charge >= 0.3 is 18.9 Å². The first-order valence-electron chi connectivity index (χ1n) is 8.96. The first kappa shape index (κ1) is 23.1. The van der Waals surface area contributed by atoms with E-state index < -0.39 is 0 Å². The van der Waals surface area contributed by atoms with E-state index in [4.69, 9.17) is 0 Å². The van der Waals surface area contributed by atoms with E-state index in [0.717, 1.165) is 30.7 Å². The van der Waals surface area contributed by atoms with Gasteiger partial charge in [0.05, 0.1) is 17.5 Å². The van der Waals surface area contributed by atoms with Gasteiger partial charge in [0.1, 0.15) is 5.82 Å². The Bertz CT molecular complexity index is 929.